The maximum absolute atomic E-state index is 14.6. The number of fused-ring (bicyclic) bond motifs is 8. The first-order valence-corrected chi connectivity index (χ1v) is 25.8. The summed E-state index contributed by atoms with van der Waals surface area (Å²) in [5.74, 6) is 0.300. The Bertz CT molecular complexity index is 2960. The van der Waals surface area contributed by atoms with E-state index in [4.69, 9.17) is 75.8 Å². The number of piperazine rings is 1. The molecule has 0 saturated carbocycles. The molecule has 0 unspecified atom stereocenters. The fraction of sp³-hybridized carbons (Fsp3) is 0.453. The van der Waals surface area contributed by atoms with Gasteiger partial charge in [0.15, 0.2) is 11.9 Å². The van der Waals surface area contributed by atoms with E-state index in [2.05, 4.69) is 26.8 Å². The monoisotopic (exact) mass is 1060 g/mol. The van der Waals surface area contributed by atoms with Crippen LogP contribution >= 0.6 is 34.5 Å². The molecule has 3 fully saturated rings. The Kier molecular flexibility index (Phi) is 15.0. The number of halogens is 3. The van der Waals surface area contributed by atoms with Crippen molar-refractivity contribution in [2.75, 3.05) is 66.7 Å². The SMILES string of the molecule is CO[C@@H]1CO[C@H]2[C@@H]1OC[C@H]2Oc1nccc(COc2ccc3cc2C[C@H](C(=O)OC(C)(C)C)Oc2ncnc4sc(-c5ccc(F)cc5)c(c24)-c2c(C)c(Cl)c(c(Cl)c2C)O[C@H](CN2CCN(C)CC2)CO3)n1. The highest BCUT2D eigenvalue weighted by molar-refractivity contribution is 7.22. The summed E-state index contributed by atoms with van der Waals surface area (Å²) in [7, 11) is 3.74. The fourth-order valence-electron chi connectivity index (χ4n) is 9.61. The quantitative estimate of drug-likeness (QED) is 0.120. The fourth-order valence-corrected chi connectivity index (χ4v) is 11.3. The van der Waals surface area contributed by atoms with Crippen LogP contribution in [0.5, 0.6) is 29.1 Å². The minimum atomic E-state index is -1.29. The maximum Gasteiger partial charge on any atom is 0.348 e. The summed E-state index contributed by atoms with van der Waals surface area (Å²) < 4.78 is 71.1. The van der Waals surface area contributed by atoms with Crippen LogP contribution in [0, 0.1) is 19.7 Å². The summed E-state index contributed by atoms with van der Waals surface area (Å²) in [6, 6.07) is 13.5. The highest BCUT2D eigenvalue weighted by atomic mass is 35.5. The molecule has 0 amide bonds. The van der Waals surface area contributed by atoms with Crippen LogP contribution in [-0.4, -0.2) is 145 Å². The van der Waals surface area contributed by atoms with E-state index >= 15 is 0 Å². The van der Waals surface area contributed by atoms with E-state index in [0.29, 0.717) is 96.3 Å². The largest absolute Gasteiger partial charge is 0.490 e. The lowest BCUT2D eigenvalue weighted by Gasteiger charge is -2.35. The number of likely N-dealkylation sites (N-methyl/N-ethyl adjacent to an activating group) is 1. The molecular weight excluding hydrogens is 1000 g/mol. The van der Waals surface area contributed by atoms with Gasteiger partial charge in [0.2, 0.25) is 12.0 Å². The number of hydrogen-bond donors (Lipinski definition) is 0. The molecule has 11 rings (SSSR count). The molecule has 4 bridgehead atoms. The first-order chi connectivity index (χ1) is 35.1. The molecule has 16 nitrogen and oxygen atoms in total. The average molecular weight is 1060 g/mol. The number of carbonyl (C=O) groups is 1. The van der Waals surface area contributed by atoms with E-state index in [1.165, 1.54) is 29.8 Å². The Morgan fingerprint density at radius 2 is 1.62 bits per heavy atom. The molecule has 386 valence electrons. The molecule has 6 atom stereocenters. The van der Waals surface area contributed by atoms with E-state index in [1.807, 2.05) is 19.9 Å². The Morgan fingerprint density at radius 1 is 0.890 bits per heavy atom. The van der Waals surface area contributed by atoms with Crippen molar-refractivity contribution in [1.82, 2.24) is 29.7 Å². The predicted octanol–water partition coefficient (Wildman–Crippen LogP) is 8.74. The molecule has 5 aliphatic heterocycles. The number of aromatic nitrogens is 4. The number of esters is 1. The van der Waals surface area contributed by atoms with Crippen LogP contribution in [0.2, 0.25) is 10.0 Å². The van der Waals surface area contributed by atoms with Gasteiger partial charge < -0.3 is 47.5 Å². The van der Waals surface area contributed by atoms with Crippen molar-refractivity contribution < 1.29 is 51.8 Å². The highest BCUT2D eigenvalue weighted by Crippen LogP contribution is 2.53. The van der Waals surface area contributed by atoms with Gasteiger partial charge in [-0.3, -0.25) is 4.90 Å². The summed E-state index contributed by atoms with van der Waals surface area (Å²) >= 11 is 16.2. The van der Waals surface area contributed by atoms with Crippen molar-refractivity contribution >= 4 is 50.7 Å². The van der Waals surface area contributed by atoms with Crippen LogP contribution in [0.3, 0.4) is 0 Å². The summed E-state index contributed by atoms with van der Waals surface area (Å²) in [5, 5.41) is 1.12. The Hall–Kier alpha value is -5.44. The topological polar surface area (TPSA) is 158 Å². The second-order valence-electron chi connectivity index (χ2n) is 19.7. The van der Waals surface area contributed by atoms with Gasteiger partial charge in [-0.2, -0.15) is 4.98 Å². The second kappa shape index (κ2) is 21.4. The number of hydrogen-bond acceptors (Lipinski definition) is 17. The van der Waals surface area contributed by atoms with Crippen LogP contribution in [0.15, 0.2) is 61.1 Å². The smallest absolute Gasteiger partial charge is 0.348 e. The van der Waals surface area contributed by atoms with Gasteiger partial charge in [0, 0.05) is 68.5 Å². The van der Waals surface area contributed by atoms with Crippen LogP contribution < -0.4 is 23.7 Å². The van der Waals surface area contributed by atoms with Gasteiger partial charge in [-0.05, 0) is 100 Å². The molecule has 73 heavy (non-hydrogen) atoms. The number of benzene rings is 3. The number of nitrogens with zero attached hydrogens (tertiary/aromatic N) is 6. The minimum Gasteiger partial charge on any atom is -0.490 e. The molecule has 5 aliphatic rings. The molecule has 0 spiro atoms. The zero-order valence-corrected chi connectivity index (χ0v) is 43.9. The lowest BCUT2D eigenvalue weighted by Crippen LogP contribution is -2.49. The summed E-state index contributed by atoms with van der Waals surface area (Å²) in [5.41, 5.74) is 3.58. The van der Waals surface area contributed by atoms with E-state index in [1.54, 1.807) is 64.4 Å². The van der Waals surface area contributed by atoms with Gasteiger partial charge in [-0.15, -0.1) is 11.3 Å². The third-order valence-corrected chi connectivity index (χ3v) is 15.4. The van der Waals surface area contributed by atoms with Crippen LogP contribution in [0.25, 0.3) is 31.8 Å². The summed E-state index contributed by atoms with van der Waals surface area (Å²) in [6.45, 7) is 14.0. The zero-order chi connectivity index (χ0) is 51.1. The van der Waals surface area contributed by atoms with Crippen molar-refractivity contribution in [3.8, 4) is 50.7 Å². The van der Waals surface area contributed by atoms with Crippen molar-refractivity contribution in [2.24, 2.45) is 0 Å². The van der Waals surface area contributed by atoms with E-state index in [9.17, 15) is 9.18 Å². The zero-order valence-electron chi connectivity index (χ0n) is 41.6. The van der Waals surface area contributed by atoms with E-state index in [0.717, 1.165) is 31.1 Å². The molecule has 0 radical (unpaired) electrons. The average Bonchev–Trinajstić information content (AvgIpc) is 4.09. The Balaban J connectivity index is 1.06. The van der Waals surface area contributed by atoms with Gasteiger partial charge in [0.1, 0.15) is 71.7 Å². The molecule has 6 aromatic rings. The van der Waals surface area contributed by atoms with Crippen LogP contribution in [0.1, 0.15) is 43.2 Å². The van der Waals surface area contributed by atoms with Crippen molar-refractivity contribution in [2.45, 2.75) is 89.9 Å². The Morgan fingerprint density at radius 3 is 2.34 bits per heavy atom. The van der Waals surface area contributed by atoms with Crippen molar-refractivity contribution in [1.29, 1.82) is 0 Å². The normalized spacial score (nSPS) is 22.5. The Labute approximate surface area is 436 Å². The number of carbonyl (C=O) groups excluding carboxylic acids is 1. The molecule has 0 aliphatic carbocycles. The maximum atomic E-state index is 14.6. The number of methoxy groups -OCH3 is 1. The van der Waals surface area contributed by atoms with E-state index in [-0.39, 0.29) is 55.7 Å². The molecule has 3 aromatic heterocycles. The first kappa shape index (κ1) is 51.1. The van der Waals surface area contributed by atoms with Crippen molar-refractivity contribution in [3.05, 3.63) is 99.3 Å². The van der Waals surface area contributed by atoms with Crippen LogP contribution in [-0.2, 0) is 36.8 Å². The van der Waals surface area contributed by atoms with Gasteiger partial charge in [-0.25, -0.2) is 24.1 Å². The van der Waals surface area contributed by atoms with E-state index < -0.39 is 29.9 Å². The van der Waals surface area contributed by atoms with Crippen molar-refractivity contribution in [3.63, 3.8) is 0 Å². The lowest BCUT2D eigenvalue weighted by molar-refractivity contribution is -0.163. The van der Waals surface area contributed by atoms with Gasteiger partial charge >= 0.3 is 12.0 Å². The molecule has 0 N–H and O–H groups in total. The van der Waals surface area contributed by atoms with Crippen LogP contribution in [0.4, 0.5) is 4.39 Å². The van der Waals surface area contributed by atoms with Gasteiger partial charge in [-0.1, -0.05) is 35.3 Å². The summed E-state index contributed by atoms with van der Waals surface area (Å²) in [6.07, 6.45) is -0.0433. The molecular formula is C53H57Cl2FN6O10S. The third kappa shape index (κ3) is 11.0. The first-order valence-electron chi connectivity index (χ1n) is 24.2. The lowest BCUT2D eigenvalue weighted by atomic mass is 9.92. The second-order valence-corrected chi connectivity index (χ2v) is 21.4. The molecule has 3 aromatic carbocycles. The number of thiophene rings is 1. The predicted molar refractivity (Wildman–Crippen MR) is 273 cm³/mol. The standard InChI is InChI=1S/C53H57Cl2FN6O10S/c1-28-40-29(2)44(55)47(43(28)54)69-35(22-62-18-16-61(6)17-19-62)24-65-34-12-13-36(66-23-33-14-15-57-52(60-33)71-39-26-68-45-38(64-7)25-67-46(39)45)31(20-34)21-37(51(63)72-53(3,4)5)70-49-42-41(40)48(73-50(42)59-27-58-49)30-8-10-32(56)11-9-30/h8-15,20,27,35,37-39,45-46H,16-19,21-26H2,1-7H3/t35-,37-,38-,39-,45-,46-/m1/s1. The number of rotatable bonds is 10. The molecule has 20 heteroatoms. The van der Waals surface area contributed by atoms with Gasteiger partial charge in [0.25, 0.3) is 0 Å². The summed E-state index contributed by atoms with van der Waals surface area (Å²) in [4.78, 5) is 38.9. The number of ether oxygens (including phenoxy) is 9. The third-order valence-electron chi connectivity index (χ3n) is 13.3. The van der Waals surface area contributed by atoms with Gasteiger partial charge in [0.05, 0.1) is 34.3 Å². The minimum absolute atomic E-state index is 0.00878. The highest BCUT2D eigenvalue weighted by Gasteiger charge is 2.49. The molecule has 8 heterocycles. The molecule has 3 saturated heterocycles.